The van der Waals surface area contributed by atoms with Crippen LogP contribution < -0.4 is 5.32 Å². The van der Waals surface area contributed by atoms with Crippen LogP contribution in [0.15, 0.2) is 29.3 Å². The van der Waals surface area contributed by atoms with Gasteiger partial charge in [0.1, 0.15) is 11.6 Å². The average molecular weight is 498 g/mol. The SMILES string of the molecule is CN=C(NCc1nnc2n1CCCC2)N1CCC(Cc2ccc(F)cc2)C1.I. The van der Waals surface area contributed by atoms with E-state index in [0.29, 0.717) is 12.5 Å². The summed E-state index contributed by atoms with van der Waals surface area (Å²) in [6.45, 7) is 3.62. The Kier molecular flexibility index (Phi) is 7.25. The van der Waals surface area contributed by atoms with Crippen molar-refractivity contribution in [2.45, 2.75) is 45.2 Å². The van der Waals surface area contributed by atoms with Gasteiger partial charge in [-0.2, -0.15) is 0 Å². The summed E-state index contributed by atoms with van der Waals surface area (Å²) in [6, 6.07) is 6.86. The number of guanidine groups is 1. The fraction of sp³-hybridized carbons (Fsp3) is 0.550. The molecule has 2 aliphatic rings. The number of aliphatic imine (C=N–C) groups is 1. The Labute approximate surface area is 182 Å². The number of nitrogens with zero attached hydrogens (tertiary/aromatic N) is 5. The van der Waals surface area contributed by atoms with E-state index in [-0.39, 0.29) is 29.8 Å². The average Bonchev–Trinajstić information content (AvgIpc) is 3.32. The molecule has 1 fully saturated rings. The normalized spacial score (nSPS) is 19.3. The second-order valence-corrected chi connectivity index (χ2v) is 7.47. The number of benzene rings is 1. The molecule has 2 aromatic rings. The molecule has 1 aromatic heterocycles. The Bertz CT molecular complexity index is 804. The maximum Gasteiger partial charge on any atom is 0.194 e. The number of hydrogen-bond acceptors (Lipinski definition) is 3. The molecule has 0 radical (unpaired) electrons. The van der Waals surface area contributed by atoms with Crippen LogP contribution in [0.2, 0.25) is 0 Å². The minimum absolute atomic E-state index is 0. The second kappa shape index (κ2) is 9.67. The van der Waals surface area contributed by atoms with Gasteiger partial charge >= 0.3 is 0 Å². The first-order valence-corrected chi connectivity index (χ1v) is 9.84. The lowest BCUT2D eigenvalue weighted by Gasteiger charge is -2.22. The van der Waals surface area contributed by atoms with Gasteiger partial charge < -0.3 is 14.8 Å². The molecule has 0 amide bonds. The predicted molar refractivity (Wildman–Crippen MR) is 118 cm³/mol. The number of nitrogens with one attached hydrogen (secondary N) is 1. The standard InChI is InChI=1S/C20H27FN6.HI/c1-22-20(23-13-19-25-24-18-4-2-3-10-27(18)19)26-11-9-16(14-26)12-15-5-7-17(21)8-6-15;/h5-8,16H,2-4,9-14H2,1H3,(H,22,23);1H. The third-order valence-corrected chi connectivity index (χ3v) is 5.58. The van der Waals surface area contributed by atoms with Crippen LogP contribution in [0.25, 0.3) is 0 Å². The van der Waals surface area contributed by atoms with Gasteiger partial charge in [-0.25, -0.2) is 4.39 Å². The maximum absolute atomic E-state index is 13.1. The van der Waals surface area contributed by atoms with Gasteiger partial charge in [0.25, 0.3) is 0 Å². The highest BCUT2D eigenvalue weighted by atomic mass is 127. The van der Waals surface area contributed by atoms with Gasteiger partial charge in [0.05, 0.1) is 6.54 Å². The molecule has 8 heteroatoms. The lowest BCUT2D eigenvalue weighted by atomic mass is 9.99. The van der Waals surface area contributed by atoms with Crippen molar-refractivity contribution in [3.63, 3.8) is 0 Å². The molecule has 2 aliphatic heterocycles. The molecule has 1 aromatic carbocycles. The molecule has 1 unspecified atom stereocenters. The number of hydrogen-bond donors (Lipinski definition) is 1. The molecule has 0 bridgehead atoms. The molecule has 152 valence electrons. The molecule has 6 nitrogen and oxygen atoms in total. The van der Waals surface area contributed by atoms with Crippen LogP contribution in [-0.2, 0) is 25.9 Å². The van der Waals surface area contributed by atoms with E-state index >= 15 is 0 Å². The smallest absolute Gasteiger partial charge is 0.194 e. The van der Waals surface area contributed by atoms with E-state index in [1.807, 2.05) is 19.2 Å². The van der Waals surface area contributed by atoms with Crippen LogP contribution >= 0.6 is 24.0 Å². The van der Waals surface area contributed by atoms with Crippen molar-refractivity contribution in [2.75, 3.05) is 20.1 Å². The Morgan fingerprint density at radius 3 is 2.82 bits per heavy atom. The molecule has 1 atom stereocenters. The topological polar surface area (TPSA) is 58.3 Å². The lowest BCUT2D eigenvalue weighted by Crippen LogP contribution is -2.40. The fourth-order valence-electron chi connectivity index (χ4n) is 4.14. The van der Waals surface area contributed by atoms with E-state index < -0.39 is 0 Å². The molecular formula is C20H28FIN6. The molecule has 1 N–H and O–H groups in total. The Hall–Kier alpha value is -1.71. The first-order chi connectivity index (χ1) is 13.2. The van der Waals surface area contributed by atoms with Crippen molar-refractivity contribution in [3.8, 4) is 0 Å². The lowest BCUT2D eigenvalue weighted by molar-refractivity contribution is 0.455. The summed E-state index contributed by atoms with van der Waals surface area (Å²) in [4.78, 5) is 6.77. The van der Waals surface area contributed by atoms with Gasteiger partial charge in [-0.3, -0.25) is 4.99 Å². The summed E-state index contributed by atoms with van der Waals surface area (Å²) >= 11 is 0. The molecule has 0 aliphatic carbocycles. The van der Waals surface area contributed by atoms with Crippen molar-refractivity contribution in [1.29, 1.82) is 0 Å². The van der Waals surface area contributed by atoms with Crippen LogP contribution in [0.5, 0.6) is 0 Å². The molecule has 0 saturated carbocycles. The minimum Gasteiger partial charge on any atom is -0.349 e. The number of aromatic nitrogens is 3. The number of fused-ring (bicyclic) bond motifs is 1. The van der Waals surface area contributed by atoms with Gasteiger partial charge in [-0.15, -0.1) is 34.2 Å². The van der Waals surface area contributed by atoms with Crippen LogP contribution in [0, 0.1) is 11.7 Å². The third-order valence-electron chi connectivity index (χ3n) is 5.58. The highest BCUT2D eigenvalue weighted by Crippen LogP contribution is 2.21. The Balaban J connectivity index is 0.00000225. The Morgan fingerprint density at radius 1 is 1.21 bits per heavy atom. The van der Waals surface area contributed by atoms with E-state index in [2.05, 4.69) is 30.0 Å². The molecule has 28 heavy (non-hydrogen) atoms. The summed E-state index contributed by atoms with van der Waals surface area (Å²) in [5.41, 5.74) is 1.20. The van der Waals surface area contributed by atoms with E-state index in [9.17, 15) is 4.39 Å². The summed E-state index contributed by atoms with van der Waals surface area (Å²) < 4.78 is 15.3. The molecule has 0 spiro atoms. The number of aryl methyl sites for hydroxylation is 1. The maximum atomic E-state index is 13.1. The van der Waals surface area contributed by atoms with E-state index in [1.54, 1.807) is 12.1 Å². The first kappa shape index (κ1) is 21.0. The van der Waals surface area contributed by atoms with E-state index in [4.69, 9.17) is 0 Å². The van der Waals surface area contributed by atoms with Gasteiger partial charge in [-0.1, -0.05) is 12.1 Å². The summed E-state index contributed by atoms with van der Waals surface area (Å²) in [6.07, 6.45) is 5.53. The van der Waals surface area contributed by atoms with Crippen molar-refractivity contribution in [2.24, 2.45) is 10.9 Å². The molecule has 1 saturated heterocycles. The third kappa shape index (κ3) is 4.82. The zero-order chi connectivity index (χ0) is 18.6. The molecule has 3 heterocycles. The second-order valence-electron chi connectivity index (χ2n) is 7.47. The summed E-state index contributed by atoms with van der Waals surface area (Å²) in [7, 11) is 1.83. The highest BCUT2D eigenvalue weighted by molar-refractivity contribution is 14.0. The fourth-order valence-corrected chi connectivity index (χ4v) is 4.14. The Morgan fingerprint density at radius 2 is 2.04 bits per heavy atom. The van der Waals surface area contributed by atoms with Crippen molar-refractivity contribution < 1.29 is 4.39 Å². The van der Waals surface area contributed by atoms with E-state index in [0.717, 1.165) is 56.5 Å². The van der Waals surface area contributed by atoms with Gasteiger partial charge in [-0.05, 0) is 49.3 Å². The minimum atomic E-state index is -0.174. The predicted octanol–water partition coefficient (Wildman–Crippen LogP) is 3.01. The van der Waals surface area contributed by atoms with Gasteiger partial charge in [0.15, 0.2) is 11.8 Å². The van der Waals surface area contributed by atoms with Crippen LogP contribution in [0.1, 0.15) is 36.5 Å². The quantitative estimate of drug-likeness (QED) is 0.400. The zero-order valence-electron chi connectivity index (χ0n) is 16.3. The van der Waals surface area contributed by atoms with Crippen molar-refractivity contribution in [3.05, 3.63) is 47.3 Å². The monoisotopic (exact) mass is 498 g/mol. The number of likely N-dealkylation sites (tertiary alicyclic amines) is 1. The zero-order valence-corrected chi connectivity index (χ0v) is 18.6. The molecule has 4 rings (SSSR count). The number of rotatable bonds is 4. The van der Waals surface area contributed by atoms with Crippen molar-refractivity contribution in [1.82, 2.24) is 25.0 Å². The van der Waals surface area contributed by atoms with Gasteiger partial charge in [0.2, 0.25) is 0 Å². The first-order valence-electron chi connectivity index (χ1n) is 9.84. The van der Waals surface area contributed by atoms with Crippen LogP contribution in [0.3, 0.4) is 0 Å². The molecular weight excluding hydrogens is 470 g/mol. The van der Waals surface area contributed by atoms with Gasteiger partial charge in [0, 0.05) is 33.1 Å². The number of halogens is 2. The highest BCUT2D eigenvalue weighted by Gasteiger charge is 2.25. The van der Waals surface area contributed by atoms with Crippen LogP contribution in [-0.4, -0.2) is 45.8 Å². The van der Waals surface area contributed by atoms with Crippen molar-refractivity contribution >= 4 is 29.9 Å². The summed E-state index contributed by atoms with van der Waals surface area (Å²) in [5, 5.41) is 12.1. The van der Waals surface area contributed by atoms with Crippen LogP contribution in [0.4, 0.5) is 4.39 Å². The van der Waals surface area contributed by atoms with E-state index in [1.165, 1.54) is 18.4 Å². The largest absolute Gasteiger partial charge is 0.349 e. The summed E-state index contributed by atoms with van der Waals surface area (Å²) in [5.74, 6) is 3.41.